The maximum Gasteiger partial charge on any atom is 0.337 e. The van der Waals surface area contributed by atoms with Crippen LogP contribution in [0.5, 0.6) is 0 Å². The van der Waals surface area contributed by atoms with Crippen LogP contribution in [0.4, 0.5) is 11.4 Å². The molecule has 2 unspecified atom stereocenters. The van der Waals surface area contributed by atoms with Crippen molar-refractivity contribution in [2.24, 2.45) is 11.8 Å². The summed E-state index contributed by atoms with van der Waals surface area (Å²) >= 11 is 0. The molecule has 1 aliphatic carbocycles. The van der Waals surface area contributed by atoms with Crippen molar-refractivity contribution in [1.82, 2.24) is 0 Å². The van der Waals surface area contributed by atoms with Crippen molar-refractivity contribution in [2.45, 2.75) is 32.1 Å². The molecule has 1 aromatic carbocycles. The summed E-state index contributed by atoms with van der Waals surface area (Å²) in [7, 11) is 0. The second-order valence-corrected chi connectivity index (χ2v) is 6.09. The summed E-state index contributed by atoms with van der Waals surface area (Å²) in [4.78, 5) is 13.6. The number of hydrogen-bond acceptors (Lipinski definition) is 3. The molecule has 0 spiro atoms. The molecule has 1 heterocycles. The molecule has 3 N–H and O–H groups in total. The molecule has 2 aliphatic rings. The van der Waals surface area contributed by atoms with Crippen molar-refractivity contribution in [2.75, 3.05) is 23.7 Å². The number of carbonyl (C=O) groups is 1. The minimum Gasteiger partial charge on any atom is -0.478 e. The van der Waals surface area contributed by atoms with Crippen LogP contribution in [0, 0.1) is 11.8 Å². The average Bonchev–Trinajstić information content (AvgIpc) is 2.46. The highest BCUT2D eigenvalue weighted by Crippen LogP contribution is 2.39. The van der Waals surface area contributed by atoms with E-state index < -0.39 is 5.97 Å². The Morgan fingerprint density at radius 1 is 1.20 bits per heavy atom. The van der Waals surface area contributed by atoms with E-state index in [2.05, 4.69) is 4.90 Å². The zero-order chi connectivity index (χ0) is 14.1. The number of rotatable bonds is 2. The molecule has 1 aliphatic heterocycles. The van der Waals surface area contributed by atoms with Gasteiger partial charge in [0.2, 0.25) is 0 Å². The quantitative estimate of drug-likeness (QED) is 0.814. The van der Waals surface area contributed by atoms with E-state index in [9.17, 15) is 9.90 Å². The van der Waals surface area contributed by atoms with E-state index in [0.717, 1.165) is 31.1 Å². The second-order valence-electron chi connectivity index (χ2n) is 6.09. The van der Waals surface area contributed by atoms with Crippen LogP contribution >= 0.6 is 0 Å². The van der Waals surface area contributed by atoms with Gasteiger partial charge in [-0.1, -0.05) is 25.3 Å². The van der Waals surface area contributed by atoms with E-state index in [-0.39, 0.29) is 0 Å². The molecule has 1 saturated carbocycles. The van der Waals surface area contributed by atoms with Gasteiger partial charge < -0.3 is 15.7 Å². The standard InChI is InChI=1S/C16H22N2O2/c17-14-7-3-6-13(16(19)20)15(14)18-9-8-11-4-1-2-5-12(11)10-18/h3,6-7,11-12H,1-2,4-5,8-10,17H2,(H,19,20). The van der Waals surface area contributed by atoms with Crippen LogP contribution in [0.3, 0.4) is 0 Å². The summed E-state index contributed by atoms with van der Waals surface area (Å²) in [5.74, 6) is 0.648. The number of benzene rings is 1. The molecule has 2 atom stereocenters. The fraction of sp³-hybridized carbons (Fsp3) is 0.562. The smallest absolute Gasteiger partial charge is 0.337 e. The number of carboxylic acids is 1. The summed E-state index contributed by atoms with van der Waals surface area (Å²) in [6.07, 6.45) is 6.45. The van der Waals surface area contributed by atoms with Crippen molar-refractivity contribution in [1.29, 1.82) is 0 Å². The average molecular weight is 274 g/mol. The van der Waals surface area contributed by atoms with Gasteiger partial charge in [-0.25, -0.2) is 4.79 Å². The molecule has 4 heteroatoms. The molecule has 1 saturated heterocycles. The van der Waals surface area contributed by atoms with Gasteiger partial charge in [-0.2, -0.15) is 0 Å². The van der Waals surface area contributed by atoms with Gasteiger partial charge in [0.1, 0.15) is 0 Å². The van der Waals surface area contributed by atoms with Gasteiger partial charge in [0.25, 0.3) is 0 Å². The lowest BCUT2D eigenvalue weighted by atomic mass is 9.75. The van der Waals surface area contributed by atoms with E-state index in [1.807, 2.05) is 0 Å². The van der Waals surface area contributed by atoms with Gasteiger partial charge in [0.05, 0.1) is 16.9 Å². The predicted octanol–water partition coefficient (Wildman–Crippen LogP) is 2.98. The molecule has 0 radical (unpaired) electrons. The normalized spacial score (nSPS) is 26.1. The highest BCUT2D eigenvalue weighted by atomic mass is 16.4. The first-order chi connectivity index (χ1) is 9.66. The van der Waals surface area contributed by atoms with Crippen molar-refractivity contribution in [3.05, 3.63) is 23.8 Å². The number of nitrogens with two attached hydrogens (primary N) is 1. The monoisotopic (exact) mass is 274 g/mol. The van der Waals surface area contributed by atoms with Gasteiger partial charge >= 0.3 is 5.97 Å². The van der Waals surface area contributed by atoms with Crippen LogP contribution in [0.25, 0.3) is 0 Å². The number of para-hydroxylation sites is 1. The fourth-order valence-corrected chi connectivity index (χ4v) is 3.89. The molecule has 4 nitrogen and oxygen atoms in total. The fourth-order valence-electron chi connectivity index (χ4n) is 3.89. The maximum absolute atomic E-state index is 11.4. The van der Waals surface area contributed by atoms with Gasteiger partial charge in [-0.15, -0.1) is 0 Å². The molecular formula is C16H22N2O2. The van der Waals surface area contributed by atoms with Crippen molar-refractivity contribution >= 4 is 17.3 Å². The topological polar surface area (TPSA) is 66.6 Å². The third-order valence-electron chi connectivity index (χ3n) is 4.91. The maximum atomic E-state index is 11.4. The summed E-state index contributed by atoms with van der Waals surface area (Å²) < 4.78 is 0. The number of fused-ring (bicyclic) bond motifs is 1. The van der Waals surface area contributed by atoms with E-state index in [0.29, 0.717) is 17.2 Å². The summed E-state index contributed by atoms with van der Waals surface area (Å²) in [6.45, 7) is 1.88. The van der Waals surface area contributed by atoms with E-state index in [4.69, 9.17) is 5.73 Å². The zero-order valence-electron chi connectivity index (χ0n) is 11.7. The Labute approximate surface area is 119 Å². The Hall–Kier alpha value is -1.71. The Morgan fingerprint density at radius 2 is 1.95 bits per heavy atom. The van der Waals surface area contributed by atoms with Crippen LogP contribution in [0.1, 0.15) is 42.5 Å². The number of nitrogen functional groups attached to an aromatic ring is 1. The molecule has 108 valence electrons. The summed E-state index contributed by atoms with van der Waals surface area (Å²) in [5.41, 5.74) is 7.69. The SMILES string of the molecule is Nc1cccc(C(=O)O)c1N1CCC2CCCCC2C1. The molecule has 2 fully saturated rings. The third kappa shape index (κ3) is 2.35. The molecule has 0 amide bonds. The van der Waals surface area contributed by atoms with Gasteiger partial charge in [-0.3, -0.25) is 0 Å². The zero-order valence-corrected chi connectivity index (χ0v) is 11.7. The molecule has 1 aromatic rings. The number of aromatic carboxylic acids is 1. The highest BCUT2D eigenvalue weighted by molar-refractivity contribution is 5.98. The lowest BCUT2D eigenvalue weighted by Crippen LogP contribution is -2.42. The first kappa shape index (κ1) is 13.3. The van der Waals surface area contributed by atoms with Crippen molar-refractivity contribution < 1.29 is 9.90 Å². The Kier molecular flexibility index (Phi) is 3.55. The van der Waals surface area contributed by atoms with Crippen molar-refractivity contribution in [3.8, 4) is 0 Å². The van der Waals surface area contributed by atoms with Crippen molar-refractivity contribution in [3.63, 3.8) is 0 Å². The summed E-state index contributed by atoms with van der Waals surface area (Å²) in [5, 5.41) is 9.37. The van der Waals surface area contributed by atoms with Crippen LogP contribution < -0.4 is 10.6 Å². The molecule has 0 aromatic heterocycles. The number of nitrogens with zero attached hydrogens (tertiary/aromatic N) is 1. The van der Waals surface area contributed by atoms with Crippen LogP contribution in [-0.4, -0.2) is 24.2 Å². The predicted molar refractivity (Wildman–Crippen MR) is 80.1 cm³/mol. The first-order valence-corrected chi connectivity index (χ1v) is 7.53. The van der Waals surface area contributed by atoms with Crippen LogP contribution in [-0.2, 0) is 0 Å². The number of carboxylic acid groups (broad SMARTS) is 1. The summed E-state index contributed by atoms with van der Waals surface area (Å²) in [6, 6.07) is 5.17. The molecule has 0 bridgehead atoms. The van der Waals surface area contributed by atoms with Gasteiger partial charge in [0.15, 0.2) is 0 Å². The number of anilines is 2. The Morgan fingerprint density at radius 3 is 2.70 bits per heavy atom. The van der Waals surface area contributed by atoms with Gasteiger partial charge in [0, 0.05) is 13.1 Å². The number of piperidine rings is 1. The van der Waals surface area contributed by atoms with E-state index in [1.165, 1.54) is 25.7 Å². The van der Waals surface area contributed by atoms with Gasteiger partial charge in [-0.05, 0) is 36.8 Å². The first-order valence-electron chi connectivity index (χ1n) is 7.53. The molecule has 20 heavy (non-hydrogen) atoms. The lowest BCUT2D eigenvalue weighted by molar-refractivity contribution is 0.0697. The second kappa shape index (κ2) is 5.35. The lowest BCUT2D eigenvalue weighted by Gasteiger charge is -2.43. The molecule has 3 rings (SSSR count). The van der Waals surface area contributed by atoms with Crippen LogP contribution in [0.2, 0.25) is 0 Å². The number of hydrogen-bond donors (Lipinski definition) is 2. The third-order valence-corrected chi connectivity index (χ3v) is 4.91. The van der Waals surface area contributed by atoms with E-state index >= 15 is 0 Å². The highest BCUT2D eigenvalue weighted by Gasteiger charge is 2.32. The minimum atomic E-state index is -0.891. The Balaban J connectivity index is 1.88. The van der Waals surface area contributed by atoms with E-state index in [1.54, 1.807) is 18.2 Å². The minimum absolute atomic E-state index is 0.333. The molecular weight excluding hydrogens is 252 g/mol. The largest absolute Gasteiger partial charge is 0.478 e. The van der Waals surface area contributed by atoms with Crippen LogP contribution in [0.15, 0.2) is 18.2 Å². The Bertz CT molecular complexity index is 515.